The predicted molar refractivity (Wildman–Crippen MR) is 119 cm³/mol. The van der Waals surface area contributed by atoms with E-state index in [2.05, 4.69) is 21.4 Å². The third kappa shape index (κ3) is 4.95. The molecule has 1 N–H and O–H groups in total. The van der Waals surface area contributed by atoms with Crippen LogP contribution in [0.5, 0.6) is 5.75 Å². The molecule has 0 radical (unpaired) electrons. The van der Waals surface area contributed by atoms with Crippen molar-refractivity contribution < 1.29 is 18.3 Å². The van der Waals surface area contributed by atoms with E-state index in [1.54, 1.807) is 36.0 Å². The topological polar surface area (TPSA) is 83.2 Å². The fraction of sp³-hybridized carbons (Fsp3) is 0.292. The van der Waals surface area contributed by atoms with Crippen LogP contribution in [0, 0.1) is 29.9 Å². The van der Waals surface area contributed by atoms with Gasteiger partial charge >= 0.3 is 0 Å². The van der Waals surface area contributed by atoms with Gasteiger partial charge in [0.1, 0.15) is 11.9 Å². The van der Waals surface area contributed by atoms with Gasteiger partial charge in [-0.2, -0.15) is 10.4 Å². The van der Waals surface area contributed by atoms with Crippen LogP contribution in [0.25, 0.3) is 0 Å². The van der Waals surface area contributed by atoms with Gasteiger partial charge in [0.15, 0.2) is 17.3 Å². The molecule has 1 aromatic heterocycles. The van der Waals surface area contributed by atoms with Crippen LogP contribution in [-0.2, 0) is 7.05 Å². The van der Waals surface area contributed by atoms with Crippen LogP contribution in [-0.4, -0.2) is 34.9 Å². The maximum absolute atomic E-state index is 13.9. The average Bonchev–Trinajstić information content (AvgIpc) is 3.14. The van der Waals surface area contributed by atoms with Crippen LogP contribution >= 0.6 is 0 Å². The van der Waals surface area contributed by atoms with Crippen molar-refractivity contribution in [3.8, 4) is 11.8 Å². The van der Waals surface area contributed by atoms with E-state index in [1.165, 1.54) is 12.1 Å². The van der Waals surface area contributed by atoms with Gasteiger partial charge in [0.25, 0.3) is 5.91 Å². The second-order valence-electron chi connectivity index (χ2n) is 7.97. The van der Waals surface area contributed by atoms with Crippen molar-refractivity contribution >= 4 is 17.3 Å². The van der Waals surface area contributed by atoms with Gasteiger partial charge < -0.3 is 15.0 Å². The Morgan fingerprint density at radius 2 is 1.94 bits per heavy atom. The van der Waals surface area contributed by atoms with Gasteiger partial charge in [-0.1, -0.05) is 0 Å². The molecular formula is C24H23F2N5O2. The summed E-state index contributed by atoms with van der Waals surface area (Å²) in [5.74, 6) is -1.70. The normalized spacial score (nSPS) is 14.1. The summed E-state index contributed by atoms with van der Waals surface area (Å²) in [6.45, 7) is 3.06. The molecule has 2 heterocycles. The smallest absolute Gasteiger partial charge is 0.276 e. The van der Waals surface area contributed by atoms with Crippen LogP contribution in [0.15, 0.2) is 42.5 Å². The molecule has 0 spiro atoms. The molecule has 3 aromatic rings. The Balaban J connectivity index is 1.47. The van der Waals surface area contributed by atoms with E-state index in [0.717, 1.165) is 17.4 Å². The second-order valence-corrected chi connectivity index (χ2v) is 7.97. The van der Waals surface area contributed by atoms with Gasteiger partial charge in [-0.3, -0.25) is 9.48 Å². The first-order valence-corrected chi connectivity index (χ1v) is 10.6. The number of nitrogens with one attached hydrogen (secondary N) is 1. The van der Waals surface area contributed by atoms with E-state index >= 15 is 0 Å². The number of benzene rings is 2. The zero-order chi connectivity index (χ0) is 23.5. The molecule has 33 heavy (non-hydrogen) atoms. The number of anilines is 2. The molecule has 1 amide bonds. The molecule has 9 heteroatoms. The number of amides is 1. The molecule has 1 aliphatic rings. The number of aromatic nitrogens is 2. The molecule has 1 fully saturated rings. The van der Waals surface area contributed by atoms with E-state index in [4.69, 9.17) is 4.74 Å². The van der Waals surface area contributed by atoms with Gasteiger partial charge in [0.05, 0.1) is 23.0 Å². The maximum Gasteiger partial charge on any atom is 0.276 e. The first kappa shape index (κ1) is 22.3. The molecule has 2 aromatic carbocycles. The third-order valence-electron chi connectivity index (χ3n) is 5.69. The van der Waals surface area contributed by atoms with Gasteiger partial charge in [0, 0.05) is 44.7 Å². The molecule has 0 aliphatic carbocycles. The van der Waals surface area contributed by atoms with Gasteiger partial charge in [-0.05, 0) is 43.3 Å². The Kier molecular flexibility index (Phi) is 6.27. The number of ether oxygens (including phenoxy) is 1. The Morgan fingerprint density at radius 1 is 1.18 bits per heavy atom. The summed E-state index contributed by atoms with van der Waals surface area (Å²) in [6.07, 6.45) is 1.02. The molecule has 0 unspecified atom stereocenters. The van der Waals surface area contributed by atoms with Crippen molar-refractivity contribution in [2.24, 2.45) is 7.05 Å². The van der Waals surface area contributed by atoms with E-state index in [0.29, 0.717) is 37.2 Å². The van der Waals surface area contributed by atoms with Gasteiger partial charge in [-0.25, -0.2) is 8.78 Å². The fourth-order valence-electron chi connectivity index (χ4n) is 3.80. The molecule has 0 saturated carbocycles. The van der Waals surface area contributed by atoms with E-state index in [1.807, 2.05) is 6.92 Å². The Labute approximate surface area is 190 Å². The summed E-state index contributed by atoms with van der Waals surface area (Å²) < 4.78 is 34.4. The molecule has 1 saturated heterocycles. The van der Waals surface area contributed by atoms with Crippen molar-refractivity contribution in [3.63, 3.8) is 0 Å². The lowest BCUT2D eigenvalue weighted by Crippen LogP contribution is -2.38. The highest BCUT2D eigenvalue weighted by atomic mass is 19.1. The van der Waals surface area contributed by atoms with Crippen molar-refractivity contribution in [2.45, 2.75) is 25.9 Å². The summed E-state index contributed by atoms with van der Waals surface area (Å²) in [6, 6.07) is 12.2. The Morgan fingerprint density at radius 3 is 2.58 bits per heavy atom. The van der Waals surface area contributed by atoms with Crippen LogP contribution in [0.4, 0.5) is 20.2 Å². The summed E-state index contributed by atoms with van der Waals surface area (Å²) in [5.41, 5.74) is 2.87. The lowest BCUT2D eigenvalue weighted by molar-refractivity contribution is 0.102. The van der Waals surface area contributed by atoms with Crippen LogP contribution < -0.4 is 15.0 Å². The third-order valence-corrected chi connectivity index (χ3v) is 5.69. The number of rotatable bonds is 5. The summed E-state index contributed by atoms with van der Waals surface area (Å²) in [4.78, 5) is 14.8. The van der Waals surface area contributed by atoms with Gasteiger partial charge in [0.2, 0.25) is 0 Å². The van der Waals surface area contributed by atoms with E-state index in [-0.39, 0.29) is 23.5 Å². The Hall–Kier alpha value is -3.93. The quantitative estimate of drug-likeness (QED) is 0.629. The van der Waals surface area contributed by atoms with Crippen molar-refractivity contribution in [2.75, 3.05) is 23.3 Å². The Bertz CT molecular complexity index is 1210. The van der Waals surface area contributed by atoms with Crippen molar-refractivity contribution in [3.05, 3.63) is 71.1 Å². The molecular weight excluding hydrogens is 428 g/mol. The lowest BCUT2D eigenvalue weighted by atomic mass is 10.1. The number of piperidine rings is 1. The minimum Gasteiger partial charge on any atom is -0.487 e. The van der Waals surface area contributed by atoms with E-state index in [9.17, 15) is 18.8 Å². The average molecular weight is 451 g/mol. The molecule has 0 atom stereocenters. The standard InChI is InChI=1S/C24H23F2N5O2/c1-15-11-21(29-30(15)2)24(32)28-20-12-16(14-27)3-5-22(20)31-9-7-18(8-10-31)33-23-6-4-17(25)13-19(23)26/h3-6,11-13,18H,7-10H2,1-2H3,(H,28,32). The number of aryl methyl sites for hydroxylation is 2. The van der Waals surface area contributed by atoms with Crippen LogP contribution in [0.1, 0.15) is 34.6 Å². The molecule has 1 aliphatic heterocycles. The molecule has 4 rings (SSSR count). The summed E-state index contributed by atoms with van der Waals surface area (Å²) in [7, 11) is 1.76. The van der Waals surface area contributed by atoms with E-state index < -0.39 is 11.6 Å². The minimum atomic E-state index is -0.723. The molecule has 0 bridgehead atoms. The zero-order valence-corrected chi connectivity index (χ0v) is 18.3. The highest BCUT2D eigenvalue weighted by Gasteiger charge is 2.24. The molecule has 7 nitrogen and oxygen atoms in total. The number of nitrogens with zero attached hydrogens (tertiary/aromatic N) is 4. The number of carbonyl (C=O) groups excluding carboxylic acids is 1. The molecule has 170 valence electrons. The number of carbonyl (C=O) groups is 1. The lowest BCUT2D eigenvalue weighted by Gasteiger charge is -2.34. The highest BCUT2D eigenvalue weighted by molar-refractivity contribution is 6.05. The van der Waals surface area contributed by atoms with Gasteiger partial charge in [-0.15, -0.1) is 0 Å². The maximum atomic E-state index is 13.9. The number of hydrogen-bond acceptors (Lipinski definition) is 5. The highest BCUT2D eigenvalue weighted by Crippen LogP contribution is 2.31. The first-order chi connectivity index (χ1) is 15.8. The zero-order valence-electron chi connectivity index (χ0n) is 18.3. The fourth-order valence-corrected chi connectivity index (χ4v) is 3.80. The second kappa shape index (κ2) is 9.28. The number of halogens is 2. The summed E-state index contributed by atoms with van der Waals surface area (Å²) >= 11 is 0. The predicted octanol–water partition coefficient (Wildman–Crippen LogP) is 4.18. The minimum absolute atomic E-state index is 0.0341. The van der Waals surface area contributed by atoms with Crippen LogP contribution in [0.2, 0.25) is 0 Å². The van der Waals surface area contributed by atoms with Crippen molar-refractivity contribution in [1.82, 2.24) is 9.78 Å². The number of hydrogen-bond donors (Lipinski definition) is 1. The largest absolute Gasteiger partial charge is 0.487 e. The monoisotopic (exact) mass is 451 g/mol. The number of nitriles is 1. The summed E-state index contributed by atoms with van der Waals surface area (Å²) in [5, 5.41) is 16.4. The first-order valence-electron chi connectivity index (χ1n) is 10.6. The van der Waals surface area contributed by atoms with Crippen LogP contribution in [0.3, 0.4) is 0 Å². The van der Waals surface area contributed by atoms with Crippen molar-refractivity contribution in [1.29, 1.82) is 5.26 Å². The SMILES string of the molecule is Cc1cc(C(=O)Nc2cc(C#N)ccc2N2CCC(Oc3ccc(F)cc3F)CC2)nn1C.